The van der Waals surface area contributed by atoms with E-state index in [2.05, 4.69) is 30.2 Å². The minimum absolute atomic E-state index is 0.526. The Hall–Kier alpha value is -1.38. The number of pyridine rings is 1. The van der Waals surface area contributed by atoms with Crippen molar-refractivity contribution in [2.45, 2.75) is 26.2 Å². The first-order valence-electron chi connectivity index (χ1n) is 4.93. The second kappa shape index (κ2) is 5.37. The summed E-state index contributed by atoms with van der Waals surface area (Å²) in [7, 11) is 0. The highest BCUT2D eigenvalue weighted by molar-refractivity contribution is 5.54. The van der Waals surface area contributed by atoms with Gasteiger partial charge >= 0.3 is 0 Å². The summed E-state index contributed by atoms with van der Waals surface area (Å²) < 4.78 is 0. The fourth-order valence-electron chi connectivity index (χ4n) is 1.12. The molecule has 0 bridgehead atoms. The van der Waals surface area contributed by atoms with E-state index >= 15 is 0 Å². The van der Waals surface area contributed by atoms with Crippen LogP contribution in [0.15, 0.2) is 18.3 Å². The SMILES string of the molecule is CC(C)c1ccc(NCCC=N)nc1. The van der Waals surface area contributed by atoms with E-state index in [4.69, 9.17) is 5.41 Å². The quantitative estimate of drug-likeness (QED) is 0.555. The Bertz CT molecular complexity index is 277. The molecule has 3 heteroatoms. The standard InChI is InChI=1S/C11H17N3/c1-9(2)10-4-5-11(14-8-10)13-7-3-6-12/h4-6,8-9,12H,3,7H2,1-2H3,(H,13,14). The maximum Gasteiger partial charge on any atom is 0.125 e. The molecule has 2 N–H and O–H groups in total. The van der Waals surface area contributed by atoms with Crippen LogP contribution in [0.5, 0.6) is 0 Å². The van der Waals surface area contributed by atoms with Gasteiger partial charge in [0.25, 0.3) is 0 Å². The first-order chi connectivity index (χ1) is 6.74. The van der Waals surface area contributed by atoms with Gasteiger partial charge in [0.15, 0.2) is 0 Å². The number of aromatic nitrogens is 1. The molecule has 1 rings (SSSR count). The van der Waals surface area contributed by atoms with Crippen LogP contribution in [0.1, 0.15) is 31.7 Å². The topological polar surface area (TPSA) is 48.8 Å². The maximum atomic E-state index is 6.87. The van der Waals surface area contributed by atoms with Gasteiger partial charge in [-0.05, 0) is 30.2 Å². The zero-order valence-electron chi connectivity index (χ0n) is 8.75. The highest BCUT2D eigenvalue weighted by Gasteiger charge is 1.98. The minimum atomic E-state index is 0.526. The molecule has 0 fully saturated rings. The summed E-state index contributed by atoms with van der Waals surface area (Å²) in [6.07, 6.45) is 4.04. The molecule has 0 spiro atoms. The lowest BCUT2D eigenvalue weighted by molar-refractivity contribution is 0.858. The summed E-state index contributed by atoms with van der Waals surface area (Å²) in [5.74, 6) is 1.41. The lowest BCUT2D eigenvalue weighted by Crippen LogP contribution is -2.03. The molecule has 0 unspecified atom stereocenters. The zero-order valence-corrected chi connectivity index (χ0v) is 8.75. The summed E-state index contributed by atoms with van der Waals surface area (Å²) in [5.41, 5.74) is 1.25. The fraction of sp³-hybridized carbons (Fsp3) is 0.455. The van der Waals surface area contributed by atoms with Crippen molar-refractivity contribution in [2.24, 2.45) is 0 Å². The van der Waals surface area contributed by atoms with Gasteiger partial charge in [0.2, 0.25) is 0 Å². The Morgan fingerprint density at radius 1 is 1.50 bits per heavy atom. The van der Waals surface area contributed by atoms with Crippen molar-refractivity contribution in [3.63, 3.8) is 0 Å². The average Bonchev–Trinajstić information content (AvgIpc) is 2.19. The third kappa shape index (κ3) is 3.17. The highest BCUT2D eigenvalue weighted by atomic mass is 15.0. The Morgan fingerprint density at radius 3 is 2.79 bits per heavy atom. The lowest BCUT2D eigenvalue weighted by Gasteiger charge is -2.06. The minimum Gasteiger partial charge on any atom is -0.370 e. The fourth-order valence-corrected chi connectivity index (χ4v) is 1.12. The molecule has 0 saturated carbocycles. The Morgan fingerprint density at radius 2 is 2.29 bits per heavy atom. The van der Waals surface area contributed by atoms with Gasteiger partial charge in [0.05, 0.1) is 0 Å². The number of nitrogens with one attached hydrogen (secondary N) is 2. The second-order valence-corrected chi connectivity index (χ2v) is 3.55. The van der Waals surface area contributed by atoms with E-state index in [1.807, 2.05) is 12.3 Å². The predicted molar refractivity (Wildman–Crippen MR) is 60.2 cm³/mol. The van der Waals surface area contributed by atoms with Crippen molar-refractivity contribution in [3.8, 4) is 0 Å². The van der Waals surface area contributed by atoms with E-state index in [1.54, 1.807) is 0 Å². The van der Waals surface area contributed by atoms with Crippen LogP contribution < -0.4 is 5.32 Å². The zero-order chi connectivity index (χ0) is 10.4. The van der Waals surface area contributed by atoms with E-state index in [0.717, 1.165) is 18.8 Å². The molecular weight excluding hydrogens is 174 g/mol. The molecule has 0 aliphatic heterocycles. The van der Waals surface area contributed by atoms with E-state index in [1.165, 1.54) is 11.8 Å². The van der Waals surface area contributed by atoms with Gasteiger partial charge in [0.1, 0.15) is 5.82 Å². The van der Waals surface area contributed by atoms with Crippen molar-refractivity contribution < 1.29 is 0 Å². The van der Waals surface area contributed by atoms with Gasteiger partial charge in [-0.2, -0.15) is 0 Å². The van der Waals surface area contributed by atoms with Crippen molar-refractivity contribution in [2.75, 3.05) is 11.9 Å². The first kappa shape index (κ1) is 10.7. The smallest absolute Gasteiger partial charge is 0.125 e. The van der Waals surface area contributed by atoms with Crippen LogP contribution in [0.25, 0.3) is 0 Å². The van der Waals surface area contributed by atoms with Crippen LogP contribution in [-0.2, 0) is 0 Å². The summed E-state index contributed by atoms with van der Waals surface area (Å²) >= 11 is 0. The van der Waals surface area contributed by atoms with Gasteiger partial charge < -0.3 is 10.7 Å². The van der Waals surface area contributed by atoms with Crippen molar-refractivity contribution in [1.82, 2.24) is 4.98 Å². The molecule has 0 amide bonds. The number of anilines is 1. The molecule has 3 nitrogen and oxygen atoms in total. The van der Waals surface area contributed by atoms with Crippen molar-refractivity contribution >= 4 is 12.0 Å². The van der Waals surface area contributed by atoms with Crippen molar-refractivity contribution in [1.29, 1.82) is 5.41 Å². The molecule has 14 heavy (non-hydrogen) atoms. The van der Waals surface area contributed by atoms with Crippen LogP contribution >= 0.6 is 0 Å². The van der Waals surface area contributed by atoms with E-state index in [0.29, 0.717) is 5.92 Å². The van der Waals surface area contributed by atoms with Gasteiger partial charge in [0, 0.05) is 12.7 Å². The molecule has 0 aromatic carbocycles. The van der Waals surface area contributed by atoms with Crippen LogP contribution in [0.4, 0.5) is 5.82 Å². The number of hydrogen-bond donors (Lipinski definition) is 2. The number of rotatable bonds is 5. The average molecular weight is 191 g/mol. The normalized spacial score (nSPS) is 10.2. The molecule has 0 atom stereocenters. The Kier molecular flexibility index (Phi) is 4.11. The third-order valence-corrected chi connectivity index (χ3v) is 2.05. The monoisotopic (exact) mass is 191 g/mol. The Labute approximate surface area is 85.1 Å². The molecule has 0 aliphatic rings. The lowest BCUT2D eigenvalue weighted by atomic mass is 10.1. The number of nitrogens with zero attached hydrogens (tertiary/aromatic N) is 1. The number of hydrogen-bond acceptors (Lipinski definition) is 3. The molecule has 1 heterocycles. The van der Waals surface area contributed by atoms with Gasteiger partial charge in [-0.3, -0.25) is 0 Å². The summed E-state index contributed by atoms with van der Waals surface area (Å²) in [5, 5.41) is 10.0. The molecule has 1 aromatic heterocycles. The van der Waals surface area contributed by atoms with E-state index < -0.39 is 0 Å². The van der Waals surface area contributed by atoms with E-state index in [9.17, 15) is 0 Å². The van der Waals surface area contributed by atoms with Gasteiger partial charge in [-0.1, -0.05) is 19.9 Å². The molecular formula is C11H17N3. The molecule has 1 aromatic rings. The van der Waals surface area contributed by atoms with Crippen LogP contribution in [-0.4, -0.2) is 17.7 Å². The predicted octanol–water partition coefficient (Wildman–Crippen LogP) is 2.66. The maximum absolute atomic E-state index is 6.87. The van der Waals surface area contributed by atoms with E-state index in [-0.39, 0.29) is 0 Å². The van der Waals surface area contributed by atoms with Gasteiger partial charge in [-0.15, -0.1) is 0 Å². The van der Waals surface area contributed by atoms with Crippen LogP contribution in [0.3, 0.4) is 0 Å². The van der Waals surface area contributed by atoms with Crippen molar-refractivity contribution in [3.05, 3.63) is 23.9 Å². The van der Waals surface area contributed by atoms with Gasteiger partial charge in [-0.25, -0.2) is 4.98 Å². The largest absolute Gasteiger partial charge is 0.370 e. The molecule has 0 aliphatic carbocycles. The third-order valence-electron chi connectivity index (χ3n) is 2.05. The molecule has 0 radical (unpaired) electrons. The first-order valence-corrected chi connectivity index (χ1v) is 4.93. The molecule has 0 saturated heterocycles. The highest BCUT2D eigenvalue weighted by Crippen LogP contribution is 2.14. The van der Waals surface area contributed by atoms with Crippen LogP contribution in [0.2, 0.25) is 0 Å². The van der Waals surface area contributed by atoms with Crippen LogP contribution in [0, 0.1) is 5.41 Å². The summed E-state index contributed by atoms with van der Waals surface area (Å²) in [6, 6.07) is 4.07. The second-order valence-electron chi connectivity index (χ2n) is 3.55. The Balaban J connectivity index is 2.51. The summed E-state index contributed by atoms with van der Waals surface area (Å²) in [6.45, 7) is 5.08. The molecule has 76 valence electrons. The summed E-state index contributed by atoms with van der Waals surface area (Å²) in [4.78, 5) is 4.29.